The normalized spacial score (nSPS) is 20.5. The Bertz CT molecular complexity index is 519. The van der Waals surface area contributed by atoms with Crippen molar-refractivity contribution in [2.75, 3.05) is 19.7 Å². The summed E-state index contributed by atoms with van der Waals surface area (Å²) < 4.78 is 5.72. The van der Waals surface area contributed by atoms with Crippen LogP contribution in [0.3, 0.4) is 0 Å². The minimum absolute atomic E-state index is 0.121. The highest BCUT2D eigenvalue weighted by atomic mass is 16.5. The molecular weight excluding hydrogens is 280 g/mol. The molecule has 1 heterocycles. The van der Waals surface area contributed by atoms with Crippen LogP contribution >= 0.6 is 0 Å². The molecule has 1 aliphatic carbocycles. The molecule has 1 fully saturated rings. The molecule has 0 saturated heterocycles. The third-order valence-electron chi connectivity index (χ3n) is 3.79. The van der Waals surface area contributed by atoms with Crippen LogP contribution in [0, 0.1) is 18.8 Å². The van der Waals surface area contributed by atoms with Crippen molar-refractivity contribution < 1.29 is 9.53 Å². The van der Waals surface area contributed by atoms with Crippen LogP contribution in [0.2, 0.25) is 0 Å². The second kappa shape index (κ2) is 7.05. The Kier molecular flexibility index (Phi) is 5.34. The van der Waals surface area contributed by atoms with E-state index in [1.54, 1.807) is 6.20 Å². The van der Waals surface area contributed by atoms with E-state index in [4.69, 9.17) is 4.74 Å². The van der Waals surface area contributed by atoms with Crippen LogP contribution in [0.25, 0.3) is 0 Å². The highest BCUT2D eigenvalue weighted by Crippen LogP contribution is 2.38. The lowest BCUT2D eigenvalue weighted by molar-refractivity contribution is -0.124. The molecule has 6 heteroatoms. The van der Waals surface area contributed by atoms with Gasteiger partial charge in [0, 0.05) is 17.7 Å². The maximum atomic E-state index is 12.3. The molecule has 0 aliphatic heterocycles. The fourth-order valence-corrected chi connectivity index (χ4v) is 2.37. The van der Waals surface area contributed by atoms with Gasteiger partial charge in [0.05, 0.1) is 5.54 Å². The Morgan fingerprint density at radius 3 is 2.95 bits per heavy atom. The zero-order valence-electron chi connectivity index (χ0n) is 13.8. The molecule has 0 spiro atoms. The largest absolute Gasteiger partial charge is 0.475 e. The fourth-order valence-electron chi connectivity index (χ4n) is 2.37. The minimum atomic E-state index is -0.431. The van der Waals surface area contributed by atoms with Gasteiger partial charge >= 0.3 is 0 Å². The lowest BCUT2D eigenvalue weighted by Crippen LogP contribution is -2.48. The summed E-state index contributed by atoms with van der Waals surface area (Å²) >= 11 is 0. The first kappa shape index (κ1) is 16.7. The SMILES string of the molecule is CCNC[C@H]1C[C@@H]1C(=O)NC(C)(C)COc1ncncc1C. The number of nitrogens with zero attached hydrogens (tertiary/aromatic N) is 2. The van der Waals surface area contributed by atoms with Crippen LogP contribution in [-0.4, -0.2) is 41.1 Å². The van der Waals surface area contributed by atoms with Crippen LogP contribution in [0.1, 0.15) is 32.8 Å². The summed E-state index contributed by atoms with van der Waals surface area (Å²) in [7, 11) is 0. The van der Waals surface area contributed by atoms with Gasteiger partial charge in [-0.1, -0.05) is 6.92 Å². The molecule has 0 unspecified atom stereocenters. The standard InChI is InChI=1S/C16H26N4O2/c1-5-17-8-12-6-13(12)14(21)20-16(3,4)9-22-15-11(2)7-18-10-19-15/h7,10,12-13,17H,5-6,8-9H2,1-4H3,(H,20,21)/t12-,13+/m1/s1. The van der Waals surface area contributed by atoms with Gasteiger partial charge in [-0.25, -0.2) is 9.97 Å². The molecule has 6 nitrogen and oxygen atoms in total. The van der Waals surface area contributed by atoms with Crippen molar-refractivity contribution in [3.05, 3.63) is 18.1 Å². The molecule has 2 atom stereocenters. The van der Waals surface area contributed by atoms with Crippen LogP contribution in [0.4, 0.5) is 0 Å². The Morgan fingerprint density at radius 2 is 2.27 bits per heavy atom. The molecule has 2 rings (SSSR count). The van der Waals surface area contributed by atoms with E-state index < -0.39 is 5.54 Å². The van der Waals surface area contributed by atoms with Gasteiger partial charge in [-0.3, -0.25) is 4.79 Å². The maximum Gasteiger partial charge on any atom is 0.223 e. The minimum Gasteiger partial charge on any atom is -0.475 e. The summed E-state index contributed by atoms with van der Waals surface area (Å²) in [6.45, 7) is 10.1. The fraction of sp³-hybridized carbons (Fsp3) is 0.688. The van der Waals surface area contributed by atoms with Gasteiger partial charge < -0.3 is 15.4 Å². The predicted octanol–water partition coefficient (Wildman–Crippen LogP) is 1.30. The zero-order chi connectivity index (χ0) is 16.2. The Balaban J connectivity index is 1.79. The molecule has 22 heavy (non-hydrogen) atoms. The molecule has 1 amide bonds. The van der Waals surface area contributed by atoms with E-state index in [0.717, 1.165) is 25.1 Å². The molecular formula is C16H26N4O2. The van der Waals surface area contributed by atoms with E-state index in [1.807, 2.05) is 20.8 Å². The average Bonchev–Trinajstić information content (AvgIpc) is 3.23. The first-order valence-corrected chi connectivity index (χ1v) is 7.85. The van der Waals surface area contributed by atoms with Crippen molar-refractivity contribution in [1.29, 1.82) is 0 Å². The van der Waals surface area contributed by atoms with E-state index in [0.29, 0.717) is 18.4 Å². The number of carbonyl (C=O) groups excluding carboxylic acids is 1. The van der Waals surface area contributed by atoms with E-state index in [9.17, 15) is 4.79 Å². The highest BCUT2D eigenvalue weighted by molar-refractivity contribution is 5.82. The molecule has 2 N–H and O–H groups in total. The first-order valence-electron chi connectivity index (χ1n) is 7.85. The van der Waals surface area contributed by atoms with E-state index in [1.165, 1.54) is 6.33 Å². The maximum absolute atomic E-state index is 12.3. The molecule has 122 valence electrons. The third kappa shape index (κ3) is 4.66. The van der Waals surface area contributed by atoms with E-state index in [-0.39, 0.29) is 11.8 Å². The number of hydrogen-bond acceptors (Lipinski definition) is 5. The topological polar surface area (TPSA) is 76.1 Å². The second-order valence-electron chi connectivity index (χ2n) is 6.58. The van der Waals surface area contributed by atoms with Gasteiger partial charge in [0.15, 0.2) is 0 Å². The predicted molar refractivity (Wildman–Crippen MR) is 84.6 cm³/mol. The second-order valence-corrected chi connectivity index (χ2v) is 6.58. The number of aryl methyl sites for hydroxylation is 1. The van der Waals surface area contributed by atoms with Gasteiger partial charge in [-0.2, -0.15) is 0 Å². The van der Waals surface area contributed by atoms with Crippen LogP contribution in [0.5, 0.6) is 5.88 Å². The number of aromatic nitrogens is 2. The van der Waals surface area contributed by atoms with Crippen LogP contribution < -0.4 is 15.4 Å². The van der Waals surface area contributed by atoms with Gasteiger partial charge in [0.25, 0.3) is 0 Å². The highest BCUT2D eigenvalue weighted by Gasteiger charge is 2.43. The van der Waals surface area contributed by atoms with Gasteiger partial charge in [-0.05, 0) is 46.2 Å². The summed E-state index contributed by atoms with van der Waals surface area (Å²) in [6.07, 6.45) is 4.15. The van der Waals surface area contributed by atoms with Crippen LogP contribution in [-0.2, 0) is 4.79 Å². The van der Waals surface area contributed by atoms with Gasteiger partial charge in [-0.15, -0.1) is 0 Å². The molecule has 0 radical (unpaired) electrons. The number of hydrogen-bond donors (Lipinski definition) is 2. The van der Waals surface area contributed by atoms with Crippen LogP contribution in [0.15, 0.2) is 12.5 Å². The number of rotatable bonds is 8. The van der Waals surface area contributed by atoms with Gasteiger partial charge in [0.2, 0.25) is 11.8 Å². The molecule has 1 saturated carbocycles. The first-order chi connectivity index (χ1) is 10.4. The van der Waals surface area contributed by atoms with Crippen molar-refractivity contribution in [3.8, 4) is 5.88 Å². The zero-order valence-corrected chi connectivity index (χ0v) is 13.8. The average molecular weight is 306 g/mol. The molecule has 1 aliphatic rings. The Hall–Kier alpha value is -1.69. The Labute approximate surface area is 132 Å². The number of nitrogens with one attached hydrogen (secondary N) is 2. The third-order valence-corrected chi connectivity index (χ3v) is 3.79. The van der Waals surface area contributed by atoms with Crippen molar-refractivity contribution in [1.82, 2.24) is 20.6 Å². The van der Waals surface area contributed by atoms with Crippen molar-refractivity contribution in [2.24, 2.45) is 11.8 Å². The van der Waals surface area contributed by atoms with Crippen molar-refractivity contribution >= 4 is 5.91 Å². The lowest BCUT2D eigenvalue weighted by Gasteiger charge is -2.26. The summed E-state index contributed by atoms with van der Waals surface area (Å²) in [5.74, 6) is 1.30. The molecule has 0 bridgehead atoms. The molecule has 1 aromatic rings. The van der Waals surface area contributed by atoms with E-state index in [2.05, 4.69) is 27.5 Å². The van der Waals surface area contributed by atoms with E-state index >= 15 is 0 Å². The van der Waals surface area contributed by atoms with Crippen molar-refractivity contribution in [2.45, 2.75) is 39.7 Å². The molecule has 0 aromatic carbocycles. The summed E-state index contributed by atoms with van der Waals surface area (Å²) in [6, 6.07) is 0. The number of amides is 1. The van der Waals surface area contributed by atoms with Crippen molar-refractivity contribution in [3.63, 3.8) is 0 Å². The lowest BCUT2D eigenvalue weighted by atomic mass is 10.1. The quantitative estimate of drug-likeness (QED) is 0.757. The summed E-state index contributed by atoms with van der Waals surface area (Å²) in [5.41, 5.74) is 0.456. The Morgan fingerprint density at radius 1 is 1.50 bits per heavy atom. The number of carbonyl (C=O) groups is 1. The van der Waals surface area contributed by atoms with Gasteiger partial charge in [0.1, 0.15) is 12.9 Å². The molecule has 1 aromatic heterocycles. The summed E-state index contributed by atoms with van der Waals surface area (Å²) in [5, 5.41) is 6.37. The number of ether oxygens (including phenoxy) is 1. The monoisotopic (exact) mass is 306 g/mol. The summed E-state index contributed by atoms with van der Waals surface area (Å²) in [4.78, 5) is 20.3. The smallest absolute Gasteiger partial charge is 0.223 e.